The third kappa shape index (κ3) is 4.39. The molecule has 2 N–H and O–H groups in total. The first kappa shape index (κ1) is 17.1. The molecule has 1 saturated heterocycles. The summed E-state index contributed by atoms with van der Waals surface area (Å²) in [5.74, 6) is -0.0650. The fraction of sp³-hybridized carbons (Fsp3) is 0.385. The molecule has 1 aromatic heterocycles. The Morgan fingerprint density at radius 2 is 2.05 bits per heavy atom. The SMILES string of the molecule is Cl.O=S(=O)(Cc1ccccc1)Nc1nnc(C2CCCN2)s1. The van der Waals surface area contributed by atoms with Gasteiger partial charge in [-0.15, -0.1) is 22.6 Å². The molecule has 1 aliphatic rings. The second kappa shape index (κ2) is 7.36. The van der Waals surface area contributed by atoms with E-state index in [2.05, 4.69) is 20.2 Å². The normalized spacial score (nSPS) is 17.9. The van der Waals surface area contributed by atoms with Crippen molar-refractivity contribution < 1.29 is 8.42 Å². The Labute approximate surface area is 139 Å². The van der Waals surface area contributed by atoms with Crippen LogP contribution >= 0.6 is 23.7 Å². The standard InChI is InChI=1S/C13H16N4O2S2.ClH/c18-21(19,9-10-5-2-1-3-6-10)17-13-16-15-12(20-13)11-7-4-8-14-11;/h1-3,5-6,11,14H,4,7-9H2,(H,16,17);1H. The zero-order valence-electron chi connectivity index (χ0n) is 11.7. The topological polar surface area (TPSA) is 84.0 Å². The maximum atomic E-state index is 12.1. The number of hydrogen-bond donors (Lipinski definition) is 2. The van der Waals surface area contributed by atoms with Crippen molar-refractivity contribution in [2.75, 3.05) is 11.3 Å². The number of hydrogen-bond acceptors (Lipinski definition) is 6. The van der Waals surface area contributed by atoms with Crippen LogP contribution in [0.3, 0.4) is 0 Å². The summed E-state index contributed by atoms with van der Waals surface area (Å²) in [6.45, 7) is 0.972. The number of nitrogens with zero attached hydrogens (tertiary/aromatic N) is 2. The third-order valence-corrected chi connectivity index (χ3v) is 5.54. The highest BCUT2D eigenvalue weighted by Gasteiger charge is 2.22. The lowest BCUT2D eigenvalue weighted by molar-refractivity contribution is 0.600. The highest BCUT2D eigenvalue weighted by atomic mass is 35.5. The molecule has 1 atom stereocenters. The molecule has 0 aliphatic carbocycles. The summed E-state index contributed by atoms with van der Waals surface area (Å²) in [7, 11) is -3.46. The van der Waals surface area contributed by atoms with Crippen LogP contribution in [0.25, 0.3) is 0 Å². The zero-order valence-corrected chi connectivity index (χ0v) is 14.2. The average molecular weight is 361 g/mol. The van der Waals surface area contributed by atoms with Gasteiger partial charge < -0.3 is 5.32 Å². The number of rotatable bonds is 5. The molecule has 2 aromatic rings. The van der Waals surface area contributed by atoms with Gasteiger partial charge in [0.1, 0.15) is 5.01 Å². The molecule has 0 amide bonds. The largest absolute Gasteiger partial charge is 0.308 e. The summed E-state index contributed by atoms with van der Waals surface area (Å²) in [5.41, 5.74) is 0.743. The van der Waals surface area contributed by atoms with Gasteiger partial charge >= 0.3 is 0 Å². The van der Waals surface area contributed by atoms with Crippen molar-refractivity contribution in [3.05, 3.63) is 40.9 Å². The number of benzene rings is 1. The average Bonchev–Trinajstić information content (AvgIpc) is 3.09. The molecule has 1 unspecified atom stereocenters. The van der Waals surface area contributed by atoms with Crippen LogP contribution in [-0.4, -0.2) is 25.2 Å². The molecule has 3 rings (SSSR count). The minimum atomic E-state index is -3.46. The summed E-state index contributed by atoms with van der Waals surface area (Å²) >= 11 is 1.29. The number of halogens is 1. The smallest absolute Gasteiger partial charge is 0.238 e. The molecule has 0 radical (unpaired) electrons. The summed E-state index contributed by atoms with van der Waals surface area (Å²) in [5, 5.41) is 12.5. The molecule has 22 heavy (non-hydrogen) atoms. The van der Waals surface area contributed by atoms with E-state index in [1.165, 1.54) is 11.3 Å². The Kier molecular flexibility index (Phi) is 5.74. The van der Waals surface area contributed by atoms with Crippen molar-refractivity contribution in [2.45, 2.75) is 24.6 Å². The van der Waals surface area contributed by atoms with E-state index in [1.807, 2.05) is 18.2 Å². The van der Waals surface area contributed by atoms with Gasteiger partial charge in [0.15, 0.2) is 0 Å². The van der Waals surface area contributed by atoms with Crippen LogP contribution < -0.4 is 10.0 Å². The Hall–Kier alpha value is -1.22. The molecule has 6 nitrogen and oxygen atoms in total. The van der Waals surface area contributed by atoms with Gasteiger partial charge in [-0.1, -0.05) is 41.7 Å². The molecule has 1 aromatic carbocycles. The van der Waals surface area contributed by atoms with E-state index in [-0.39, 0.29) is 24.2 Å². The van der Waals surface area contributed by atoms with Gasteiger partial charge in [-0.2, -0.15) is 0 Å². The van der Waals surface area contributed by atoms with E-state index in [0.29, 0.717) is 5.13 Å². The van der Waals surface area contributed by atoms with Crippen molar-refractivity contribution in [3.8, 4) is 0 Å². The third-order valence-electron chi connectivity index (χ3n) is 3.24. The summed E-state index contributed by atoms with van der Waals surface area (Å²) < 4.78 is 26.7. The van der Waals surface area contributed by atoms with Gasteiger partial charge in [0.25, 0.3) is 0 Å². The number of aromatic nitrogens is 2. The van der Waals surface area contributed by atoms with Gasteiger partial charge in [-0.3, -0.25) is 4.72 Å². The number of sulfonamides is 1. The van der Waals surface area contributed by atoms with Crippen LogP contribution in [0, 0.1) is 0 Å². The molecule has 1 fully saturated rings. The Balaban J connectivity index is 0.00000176. The van der Waals surface area contributed by atoms with Gasteiger partial charge in [0.2, 0.25) is 15.2 Å². The van der Waals surface area contributed by atoms with Crippen LogP contribution in [0.15, 0.2) is 30.3 Å². The monoisotopic (exact) mass is 360 g/mol. The quantitative estimate of drug-likeness (QED) is 0.854. The van der Waals surface area contributed by atoms with Gasteiger partial charge in [0, 0.05) is 0 Å². The first-order chi connectivity index (χ1) is 10.1. The molecule has 0 spiro atoms. The number of anilines is 1. The van der Waals surface area contributed by atoms with Crippen molar-refractivity contribution in [1.29, 1.82) is 0 Å². The van der Waals surface area contributed by atoms with Crippen LogP contribution in [0.5, 0.6) is 0 Å². The number of nitrogens with one attached hydrogen (secondary N) is 2. The van der Waals surface area contributed by atoms with Crippen LogP contribution in [0.2, 0.25) is 0 Å². The summed E-state index contributed by atoms with van der Waals surface area (Å²) in [6.07, 6.45) is 2.13. The molecule has 1 aliphatic heterocycles. The molecule has 0 bridgehead atoms. The lowest BCUT2D eigenvalue weighted by Gasteiger charge is -2.05. The molecular formula is C13H17ClN4O2S2. The highest BCUT2D eigenvalue weighted by Crippen LogP contribution is 2.28. The van der Waals surface area contributed by atoms with E-state index in [4.69, 9.17) is 0 Å². The second-order valence-electron chi connectivity index (χ2n) is 4.94. The minimum Gasteiger partial charge on any atom is -0.308 e. The molecule has 0 saturated carbocycles. The van der Waals surface area contributed by atoms with Crippen molar-refractivity contribution in [3.63, 3.8) is 0 Å². The Morgan fingerprint density at radius 1 is 1.27 bits per heavy atom. The highest BCUT2D eigenvalue weighted by molar-refractivity contribution is 7.92. The fourth-order valence-corrected chi connectivity index (χ4v) is 4.54. The van der Waals surface area contributed by atoms with Crippen molar-refractivity contribution in [1.82, 2.24) is 15.5 Å². The predicted octanol–water partition coefficient (Wildman–Crippen LogP) is 2.33. The van der Waals surface area contributed by atoms with E-state index in [0.717, 1.165) is 30.0 Å². The lowest BCUT2D eigenvalue weighted by Crippen LogP contribution is -2.14. The predicted molar refractivity (Wildman–Crippen MR) is 89.8 cm³/mol. The fourth-order valence-electron chi connectivity index (χ4n) is 2.27. The summed E-state index contributed by atoms with van der Waals surface area (Å²) in [4.78, 5) is 0. The minimum absolute atomic E-state index is 0. The van der Waals surface area contributed by atoms with E-state index in [9.17, 15) is 8.42 Å². The maximum absolute atomic E-state index is 12.1. The van der Waals surface area contributed by atoms with Crippen LogP contribution in [0.4, 0.5) is 5.13 Å². The summed E-state index contributed by atoms with van der Waals surface area (Å²) in [6, 6.07) is 9.27. The molecule has 9 heteroatoms. The second-order valence-corrected chi connectivity index (χ2v) is 7.67. The maximum Gasteiger partial charge on any atom is 0.238 e. The van der Waals surface area contributed by atoms with E-state index >= 15 is 0 Å². The molecule has 2 heterocycles. The zero-order chi connectivity index (χ0) is 14.7. The Morgan fingerprint density at radius 3 is 2.73 bits per heavy atom. The van der Waals surface area contributed by atoms with Gasteiger partial charge in [-0.25, -0.2) is 8.42 Å². The lowest BCUT2D eigenvalue weighted by atomic mass is 10.2. The van der Waals surface area contributed by atoms with Crippen LogP contribution in [-0.2, 0) is 15.8 Å². The van der Waals surface area contributed by atoms with Crippen LogP contribution in [0.1, 0.15) is 29.5 Å². The first-order valence-corrected chi connectivity index (χ1v) is 9.20. The van der Waals surface area contributed by atoms with Crippen molar-refractivity contribution >= 4 is 38.9 Å². The van der Waals surface area contributed by atoms with Gasteiger partial charge in [-0.05, 0) is 24.9 Å². The molecular weight excluding hydrogens is 344 g/mol. The molecule has 120 valence electrons. The van der Waals surface area contributed by atoms with E-state index < -0.39 is 10.0 Å². The Bertz CT molecular complexity index is 700. The van der Waals surface area contributed by atoms with E-state index in [1.54, 1.807) is 12.1 Å². The first-order valence-electron chi connectivity index (χ1n) is 6.73. The van der Waals surface area contributed by atoms with Gasteiger partial charge in [0.05, 0.1) is 11.8 Å². The van der Waals surface area contributed by atoms with Crippen molar-refractivity contribution in [2.24, 2.45) is 0 Å².